The number of thioether (sulfide) groups is 1. The smallest absolute Gasteiger partial charge is 0.221 e. The average Bonchev–Trinajstić information content (AvgIpc) is 3.07. The molecule has 5 heteroatoms. The molecule has 1 fully saturated rings. The van der Waals surface area contributed by atoms with E-state index < -0.39 is 11.6 Å². The van der Waals surface area contributed by atoms with E-state index in [9.17, 15) is 13.6 Å². The Balaban J connectivity index is 1.73. The minimum Gasteiger partial charge on any atom is -0.353 e. The van der Waals surface area contributed by atoms with Crippen LogP contribution in [0.15, 0.2) is 23.1 Å². The van der Waals surface area contributed by atoms with E-state index in [4.69, 9.17) is 0 Å². The summed E-state index contributed by atoms with van der Waals surface area (Å²) >= 11 is 1.35. The van der Waals surface area contributed by atoms with Crippen molar-refractivity contribution in [2.45, 2.75) is 30.2 Å². The third-order valence-electron chi connectivity index (χ3n) is 2.43. The van der Waals surface area contributed by atoms with E-state index in [1.165, 1.54) is 17.8 Å². The normalized spacial score (nSPS) is 14.7. The zero-order valence-corrected chi connectivity index (χ0v) is 10.0. The van der Waals surface area contributed by atoms with E-state index in [0.717, 1.165) is 25.0 Å². The molecule has 92 valence electrons. The maximum Gasteiger partial charge on any atom is 0.221 e. The van der Waals surface area contributed by atoms with E-state index in [2.05, 4.69) is 5.32 Å². The summed E-state index contributed by atoms with van der Waals surface area (Å²) in [6.07, 6.45) is 2.55. The van der Waals surface area contributed by atoms with Gasteiger partial charge in [0.25, 0.3) is 0 Å². The molecule has 0 heterocycles. The molecule has 1 aromatic carbocycles. The number of nitrogens with one attached hydrogen (secondary N) is 1. The van der Waals surface area contributed by atoms with Gasteiger partial charge in [-0.05, 0) is 31.0 Å². The molecule has 0 spiro atoms. The first-order valence-corrected chi connectivity index (χ1v) is 6.51. The Labute approximate surface area is 103 Å². The van der Waals surface area contributed by atoms with Crippen molar-refractivity contribution in [3.05, 3.63) is 29.8 Å². The van der Waals surface area contributed by atoms with Gasteiger partial charge in [0.2, 0.25) is 5.91 Å². The van der Waals surface area contributed by atoms with Crippen molar-refractivity contribution in [2.75, 3.05) is 5.75 Å². The van der Waals surface area contributed by atoms with Crippen molar-refractivity contribution >= 4 is 17.7 Å². The Morgan fingerprint density at radius 1 is 1.35 bits per heavy atom. The molecule has 0 atom stereocenters. The second-order valence-corrected chi connectivity index (χ2v) is 5.18. The van der Waals surface area contributed by atoms with Crippen molar-refractivity contribution < 1.29 is 13.6 Å². The third-order valence-corrected chi connectivity index (χ3v) is 3.43. The van der Waals surface area contributed by atoms with Crippen LogP contribution in [0.1, 0.15) is 19.3 Å². The van der Waals surface area contributed by atoms with Gasteiger partial charge in [0.15, 0.2) is 11.6 Å². The highest BCUT2D eigenvalue weighted by Gasteiger charge is 2.22. The Bertz CT molecular complexity index is 421. The van der Waals surface area contributed by atoms with E-state index in [1.807, 2.05) is 0 Å². The van der Waals surface area contributed by atoms with Gasteiger partial charge < -0.3 is 5.32 Å². The monoisotopic (exact) mass is 257 g/mol. The molecule has 0 aliphatic heterocycles. The first-order chi connectivity index (χ1) is 8.15. The number of amides is 1. The van der Waals surface area contributed by atoms with Crippen LogP contribution in [0.3, 0.4) is 0 Å². The summed E-state index contributed by atoms with van der Waals surface area (Å²) in [5.74, 6) is -1.09. The van der Waals surface area contributed by atoms with Gasteiger partial charge in [0.05, 0.1) is 0 Å². The lowest BCUT2D eigenvalue weighted by Gasteiger charge is -2.03. The summed E-state index contributed by atoms with van der Waals surface area (Å²) in [6, 6.07) is 4.14. The van der Waals surface area contributed by atoms with Crippen LogP contribution in [0, 0.1) is 11.6 Å². The fourth-order valence-electron chi connectivity index (χ4n) is 1.36. The van der Waals surface area contributed by atoms with Gasteiger partial charge in [0.1, 0.15) is 0 Å². The molecule has 1 aliphatic carbocycles. The molecule has 1 aromatic rings. The predicted molar refractivity (Wildman–Crippen MR) is 62.9 cm³/mol. The predicted octanol–water partition coefficient (Wildman–Crippen LogP) is 2.73. The van der Waals surface area contributed by atoms with Crippen molar-refractivity contribution in [2.24, 2.45) is 0 Å². The second-order valence-electron chi connectivity index (χ2n) is 4.02. The fourth-order valence-corrected chi connectivity index (χ4v) is 2.23. The Kier molecular flexibility index (Phi) is 3.99. The minimum atomic E-state index is -0.850. The van der Waals surface area contributed by atoms with Gasteiger partial charge in [-0.3, -0.25) is 4.79 Å². The zero-order chi connectivity index (χ0) is 12.3. The van der Waals surface area contributed by atoms with E-state index in [-0.39, 0.29) is 5.91 Å². The molecule has 1 aliphatic rings. The molecule has 2 rings (SSSR count). The van der Waals surface area contributed by atoms with Crippen molar-refractivity contribution in [3.8, 4) is 0 Å². The van der Waals surface area contributed by atoms with Crippen LogP contribution in [-0.2, 0) is 4.79 Å². The molecule has 1 N–H and O–H groups in total. The highest BCUT2D eigenvalue weighted by atomic mass is 32.2. The molecular formula is C12H13F2NOS. The summed E-state index contributed by atoms with van der Waals surface area (Å²) in [5.41, 5.74) is 0. The molecule has 0 unspecified atom stereocenters. The average molecular weight is 257 g/mol. The fraction of sp³-hybridized carbons (Fsp3) is 0.417. The largest absolute Gasteiger partial charge is 0.353 e. The van der Waals surface area contributed by atoms with Crippen LogP contribution in [0.2, 0.25) is 0 Å². The Hall–Kier alpha value is -1.10. The van der Waals surface area contributed by atoms with Crippen LogP contribution in [0.4, 0.5) is 8.78 Å². The summed E-state index contributed by atoms with van der Waals surface area (Å²) in [5, 5.41) is 2.87. The van der Waals surface area contributed by atoms with E-state index >= 15 is 0 Å². The van der Waals surface area contributed by atoms with E-state index in [0.29, 0.717) is 23.1 Å². The van der Waals surface area contributed by atoms with E-state index in [1.54, 1.807) is 0 Å². The molecule has 0 bridgehead atoms. The van der Waals surface area contributed by atoms with Crippen molar-refractivity contribution in [3.63, 3.8) is 0 Å². The lowest BCUT2D eigenvalue weighted by atomic mass is 10.3. The van der Waals surface area contributed by atoms with Gasteiger partial charge in [0, 0.05) is 23.1 Å². The number of hydrogen-bond donors (Lipinski definition) is 1. The Morgan fingerprint density at radius 3 is 2.76 bits per heavy atom. The first kappa shape index (κ1) is 12.4. The summed E-state index contributed by atoms with van der Waals surface area (Å²) in [7, 11) is 0. The SMILES string of the molecule is O=C(CCSc1ccc(F)c(F)c1)NC1CC1. The van der Waals surface area contributed by atoms with Crippen LogP contribution >= 0.6 is 11.8 Å². The lowest BCUT2D eigenvalue weighted by Crippen LogP contribution is -2.25. The number of carbonyl (C=O) groups excluding carboxylic acids is 1. The minimum absolute atomic E-state index is 0.0302. The van der Waals surface area contributed by atoms with Gasteiger partial charge in [-0.2, -0.15) is 0 Å². The third kappa shape index (κ3) is 4.00. The number of hydrogen-bond acceptors (Lipinski definition) is 2. The van der Waals surface area contributed by atoms with Crippen LogP contribution in [0.25, 0.3) is 0 Å². The summed E-state index contributed by atoms with van der Waals surface area (Å²) in [4.78, 5) is 12.0. The summed E-state index contributed by atoms with van der Waals surface area (Å²) in [6.45, 7) is 0. The molecule has 2 nitrogen and oxygen atoms in total. The maximum atomic E-state index is 12.9. The standard InChI is InChI=1S/C12H13F2NOS/c13-10-4-3-9(7-11(10)14)17-6-5-12(16)15-8-1-2-8/h3-4,7-8H,1-2,5-6H2,(H,15,16). The van der Waals surface area contributed by atoms with Crippen LogP contribution in [-0.4, -0.2) is 17.7 Å². The van der Waals surface area contributed by atoms with Gasteiger partial charge >= 0.3 is 0 Å². The first-order valence-electron chi connectivity index (χ1n) is 5.52. The highest BCUT2D eigenvalue weighted by Crippen LogP contribution is 2.22. The van der Waals surface area contributed by atoms with Gasteiger partial charge in [-0.15, -0.1) is 11.8 Å². The lowest BCUT2D eigenvalue weighted by molar-refractivity contribution is -0.120. The quantitative estimate of drug-likeness (QED) is 0.822. The molecule has 0 radical (unpaired) electrons. The summed E-state index contributed by atoms with van der Waals surface area (Å²) < 4.78 is 25.5. The number of rotatable bonds is 5. The van der Waals surface area contributed by atoms with Gasteiger partial charge in [-0.25, -0.2) is 8.78 Å². The maximum absolute atomic E-state index is 12.9. The zero-order valence-electron chi connectivity index (χ0n) is 9.21. The van der Waals surface area contributed by atoms with Crippen LogP contribution < -0.4 is 5.32 Å². The molecule has 1 saturated carbocycles. The number of benzene rings is 1. The number of carbonyl (C=O) groups is 1. The molecule has 0 saturated heterocycles. The van der Waals surface area contributed by atoms with Crippen molar-refractivity contribution in [1.82, 2.24) is 5.32 Å². The topological polar surface area (TPSA) is 29.1 Å². The van der Waals surface area contributed by atoms with Gasteiger partial charge in [-0.1, -0.05) is 0 Å². The Morgan fingerprint density at radius 2 is 2.12 bits per heavy atom. The molecule has 17 heavy (non-hydrogen) atoms. The molecule has 1 amide bonds. The molecule has 0 aromatic heterocycles. The molecular weight excluding hydrogens is 244 g/mol. The highest BCUT2D eigenvalue weighted by molar-refractivity contribution is 7.99. The van der Waals surface area contributed by atoms with Crippen LogP contribution in [0.5, 0.6) is 0 Å². The second kappa shape index (κ2) is 5.49. The van der Waals surface area contributed by atoms with Crippen molar-refractivity contribution in [1.29, 1.82) is 0 Å². The number of halogens is 2.